The number of halogens is 1. The molecule has 14 heavy (non-hydrogen) atoms. The number of nitriles is 1. The zero-order valence-corrected chi connectivity index (χ0v) is 9.15. The lowest BCUT2D eigenvalue weighted by atomic mass is 10.2. The van der Waals surface area contributed by atoms with Crippen LogP contribution in [0.25, 0.3) is 0 Å². The molecule has 0 bridgehead atoms. The molecule has 1 rings (SSSR count). The van der Waals surface area contributed by atoms with Gasteiger partial charge >= 0.3 is 0 Å². The van der Waals surface area contributed by atoms with Crippen molar-refractivity contribution in [2.45, 2.75) is 6.92 Å². The molecule has 0 fully saturated rings. The van der Waals surface area contributed by atoms with Crippen molar-refractivity contribution in [3.8, 4) is 6.07 Å². The van der Waals surface area contributed by atoms with E-state index in [1.54, 1.807) is 18.2 Å². The van der Waals surface area contributed by atoms with Crippen molar-refractivity contribution < 1.29 is 4.21 Å². The number of nitrogens with zero attached hydrogens (tertiary/aromatic N) is 1. The van der Waals surface area contributed by atoms with Gasteiger partial charge in [-0.2, -0.15) is 5.26 Å². The molecular formula is C9H9ClN2OS. The van der Waals surface area contributed by atoms with Crippen LogP contribution in [0.4, 0.5) is 5.69 Å². The summed E-state index contributed by atoms with van der Waals surface area (Å²) in [5, 5.41) is 8.99. The van der Waals surface area contributed by atoms with Gasteiger partial charge in [-0.15, -0.1) is 0 Å². The van der Waals surface area contributed by atoms with Gasteiger partial charge in [0.25, 0.3) is 0 Å². The van der Waals surface area contributed by atoms with Gasteiger partial charge in [-0.25, -0.2) is 4.21 Å². The lowest BCUT2D eigenvalue weighted by molar-refractivity contribution is 0.687. The number of rotatable bonds is 3. The third-order valence-corrected chi connectivity index (χ3v) is 2.88. The van der Waals surface area contributed by atoms with Gasteiger partial charge in [0.2, 0.25) is 0 Å². The summed E-state index contributed by atoms with van der Waals surface area (Å²) in [5.74, 6) is 0.525. The average Bonchev–Trinajstić information content (AvgIpc) is 2.18. The standard InChI is InChI=1S/C9H9ClN2OS/c1-2-14(13)12-8-4-3-7(6-11)9(10)5-8/h3-5,12H,2H2,1H3. The third-order valence-electron chi connectivity index (χ3n) is 1.58. The largest absolute Gasteiger partial charge is 0.305 e. The summed E-state index contributed by atoms with van der Waals surface area (Å²) in [5.41, 5.74) is 1.08. The van der Waals surface area contributed by atoms with E-state index in [1.807, 2.05) is 13.0 Å². The highest BCUT2D eigenvalue weighted by molar-refractivity contribution is 7.86. The smallest absolute Gasteiger partial charge is 0.116 e. The Morgan fingerprint density at radius 1 is 1.64 bits per heavy atom. The summed E-state index contributed by atoms with van der Waals surface area (Å²) in [4.78, 5) is 0. The van der Waals surface area contributed by atoms with Crippen molar-refractivity contribution in [2.75, 3.05) is 10.5 Å². The van der Waals surface area contributed by atoms with E-state index in [0.29, 0.717) is 22.0 Å². The minimum atomic E-state index is -1.09. The molecule has 74 valence electrons. The summed E-state index contributed by atoms with van der Waals surface area (Å²) in [6, 6.07) is 6.82. The molecule has 0 spiro atoms. The highest BCUT2D eigenvalue weighted by Crippen LogP contribution is 2.20. The topological polar surface area (TPSA) is 52.9 Å². The molecule has 0 heterocycles. The van der Waals surface area contributed by atoms with Gasteiger partial charge in [-0.1, -0.05) is 18.5 Å². The van der Waals surface area contributed by atoms with Gasteiger partial charge in [0, 0.05) is 11.4 Å². The monoisotopic (exact) mass is 228 g/mol. The molecule has 0 saturated heterocycles. The van der Waals surface area contributed by atoms with Crippen molar-refractivity contribution in [2.24, 2.45) is 0 Å². The van der Waals surface area contributed by atoms with E-state index in [0.717, 1.165) is 0 Å². The van der Waals surface area contributed by atoms with Crippen LogP contribution in [0.5, 0.6) is 0 Å². The van der Waals surface area contributed by atoms with Crippen LogP contribution in [-0.4, -0.2) is 9.96 Å². The normalized spacial score (nSPS) is 11.8. The van der Waals surface area contributed by atoms with E-state index < -0.39 is 11.0 Å². The maximum atomic E-state index is 11.1. The van der Waals surface area contributed by atoms with Gasteiger partial charge < -0.3 is 4.72 Å². The Balaban J connectivity index is 2.88. The van der Waals surface area contributed by atoms with Crippen molar-refractivity contribution in [1.29, 1.82) is 5.26 Å². The first-order chi connectivity index (χ1) is 6.67. The summed E-state index contributed by atoms with van der Waals surface area (Å²) >= 11 is 5.79. The van der Waals surface area contributed by atoms with E-state index in [9.17, 15) is 4.21 Å². The van der Waals surface area contributed by atoms with Crippen LogP contribution in [0.3, 0.4) is 0 Å². The quantitative estimate of drug-likeness (QED) is 0.863. The van der Waals surface area contributed by atoms with Crippen LogP contribution in [0.15, 0.2) is 18.2 Å². The molecule has 0 aliphatic heterocycles. The zero-order chi connectivity index (χ0) is 10.6. The SMILES string of the molecule is CCS(=O)Nc1ccc(C#N)c(Cl)c1. The van der Waals surface area contributed by atoms with Gasteiger partial charge in [0.15, 0.2) is 0 Å². The molecule has 0 radical (unpaired) electrons. The van der Waals surface area contributed by atoms with Gasteiger partial charge in [-0.05, 0) is 18.2 Å². The second kappa shape index (κ2) is 4.99. The predicted octanol–water partition coefficient (Wildman–Crippen LogP) is 2.31. The number of hydrogen-bond donors (Lipinski definition) is 1. The minimum absolute atomic E-state index is 0.366. The Morgan fingerprint density at radius 3 is 2.86 bits per heavy atom. The first kappa shape index (κ1) is 11.0. The number of benzene rings is 1. The van der Waals surface area contributed by atoms with Crippen molar-refractivity contribution in [3.05, 3.63) is 28.8 Å². The number of nitrogens with one attached hydrogen (secondary N) is 1. The van der Waals surface area contributed by atoms with Crippen molar-refractivity contribution in [1.82, 2.24) is 0 Å². The van der Waals surface area contributed by atoms with E-state index >= 15 is 0 Å². The van der Waals surface area contributed by atoms with Crippen LogP contribution in [0.1, 0.15) is 12.5 Å². The van der Waals surface area contributed by atoms with Crippen molar-refractivity contribution in [3.63, 3.8) is 0 Å². The Bertz CT molecular complexity index is 400. The van der Waals surface area contributed by atoms with E-state index in [-0.39, 0.29) is 0 Å². The second-order valence-electron chi connectivity index (χ2n) is 2.54. The fraction of sp³-hybridized carbons (Fsp3) is 0.222. The molecule has 1 aromatic rings. The average molecular weight is 229 g/mol. The third kappa shape index (κ3) is 2.72. The maximum absolute atomic E-state index is 11.1. The molecular weight excluding hydrogens is 220 g/mol. The van der Waals surface area contributed by atoms with Crippen LogP contribution < -0.4 is 4.72 Å². The predicted molar refractivity (Wildman–Crippen MR) is 58.5 cm³/mol. The Morgan fingerprint density at radius 2 is 2.36 bits per heavy atom. The lowest BCUT2D eigenvalue weighted by Gasteiger charge is -2.04. The van der Waals surface area contributed by atoms with E-state index in [1.165, 1.54) is 0 Å². The molecule has 1 atom stereocenters. The highest BCUT2D eigenvalue weighted by Gasteiger charge is 2.02. The molecule has 0 saturated carbocycles. The first-order valence-corrected chi connectivity index (χ1v) is 5.71. The first-order valence-electron chi connectivity index (χ1n) is 4.02. The molecule has 1 aromatic carbocycles. The molecule has 5 heteroatoms. The molecule has 0 aliphatic carbocycles. The number of hydrogen-bond acceptors (Lipinski definition) is 2. The maximum Gasteiger partial charge on any atom is 0.116 e. The molecule has 1 unspecified atom stereocenters. The van der Waals surface area contributed by atoms with E-state index in [2.05, 4.69) is 4.72 Å². The highest BCUT2D eigenvalue weighted by atomic mass is 35.5. The fourth-order valence-corrected chi connectivity index (χ4v) is 1.63. The van der Waals surface area contributed by atoms with Crippen LogP contribution >= 0.6 is 11.6 Å². The second-order valence-corrected chi connectivity index (χ2v) is 4.42. The van der Waals surface area contributed by atoms with Crippen LogP contribution in [0, 0.1) is 11.3 Å². The Labute approximate surface area is 90.3 Å². The van der Waals surface area contributed by atoms with Gasteiger partial charge in [-0.3, -0.25) is 0 Å². The molecule has 0 amide bonds. The minimum Gasteiger partial charge on any atom is -0.305 e. The molecule has 3 nitrogen and oxygen atoms in total. The zero-order valence-electron chi connectivity index (χ0n) is 7.58. The summed E-state index contributed by atoms with van der Waals surface area (Å²) in [7, 11) is -1.09. The fourth-order valence-electron chi connectivity index (χ4n) is 0.873. The summed E-state index contributed by atoms with van der Waals surface area (Å²) in [6.07, 6.45) is 0. The Kier molecular flexibility index (Phi) is 3.93. The summed E-state index contributed by atoms with van der Waals surface area (Å²) in [6.45, 7) is 1.81. The van der Waals surface area contributed by atoms with Crippen LogP contribution in [0.2, 0.25) is 5.02 Å². The van der Waals surface area contributed by atoms with Gasteiger partial charge in [0.1, 0.15) is 17.1 Å². The van der Waals surface area contributed by atoms with Crippen molar-refractivity contribution >= 4 is 28.3 Å². The molecule has 0 aromatic heterocycles. The Hall–Kier alpha value is -1.05. The van der Waals surface area contributed by atoms with Gasteiger partial charge in [0.05, 0.1) is 10.6 Å². The number of anilines is 1. The lowest BCUT2D eigenvalue weighted by Crippen LogP contribution is -2.05. The molecule has 0 aliphatic rings. The molecule has 1 N–H and O–H groups in total. The van der Waals surface area contributed by atoms with Crippen LogP contribution in [-0.2, 0) is 11.0 Å². The van der Waals surface area contributed by atoms with E-state index in [4.69, 9.17) is 16.9 Å². The summed E-state index contributed by atoms with van der Waals surface area (Å²) < 4.78 is 13.9.